The Bertz CT molecular complexity index is 460. The number of halogens is 1. The molecule has 0 bridgehead atoms. The second kappa shape index (κ2) is 8.10. The van der Waals surface area contributed by atoms with Gasteiger partial charge in [0.2, 0.25) is 5.91 Å². The Morgan fingerprint density at radius 1 is 1.33 bits per heavy atom. The van der Waals surface area contributed by atoms with Gasteiger partial charge in [-0.3, -0.25) is 4.79 Å². The maximum atomic E-state index is 12.4. The molecule has 0 spiro atoms. The minimum absolute atomic E-state index is 0. The first-order valence-electron chi connectivity index (χ1n) is 6.86. The SMILES string of the molecule is COc1cccc(OC)c1CC(=O)N1CCNC(C)C1.Cl. The predicted octanol–water partition coefficient (Wildman–Crippen LogP) is 1.49. The van der Waals surface area contributed by atoms with Crippen molar-refractivity contribution in [3.05, 3.63) is 23.8 Å². The van der Waals surface area contributed by atoms with Gasteiger partial charge < -0.3 is 19.7 Å². The summed E-state index contributed by atoms with van der Waals surface area (Å²) in [5.41, 5.74) is 0.814. The molecular formula is C15H23ClN2O3. The van der Waals surface area contributed by atoms with E-state index in [2.05, 4.69) is 12.2 Å². The van der Waals surface area contributed by atoms with Crippen molar-refractivity contribution in [3.8, 4) is 11.5 Å². The number of amides is 1. The number of nitrogens with zero attached hydrogens (tertiary/aromatic N) is 1. The van der Waals surface area contributed by atoms with Crippen LogP contribution in [0.3, 0.4) is 0 Å². The van der Waals surface area contributed by atoms with Crippen molar-refractivity contribution in [2.24, 2.45) is 0 Å². The van der Waals surface area contributed by atoms with Crippen molar-refractivity contribution in [3.63, 3.8) is 0 Å². The summed E-state index contributed by atoms with van der Waals surface area (Å²) in [5, 5.41) is 3.33. The van der Waals surface area contributed by atoms with Crippen LogP contribution in [-0.2, 0) is 11.2 Å². The predicted molar refractivity (Wildman–Crippen MR) is 84.5 cm³/mol. The standard InChI is InChI=1S/C15H22N2O3.ClH/c1-11-10-17(8-7-16-11)15(18)9-12-13(19-2)5-4-6-14(12)20-3;/h4-6,11,16H,7-10H2,1-3H3;1H. The second-order valence-electron chi connectivity index (χ2n) is 5.01. The lowest BCUT2D eigenvalue weighted by Crippen LogP contribution is -2.51. The molecule has 1 amide bonds. The molecule has 1 heterocycles. The normalized spacial score (nSPS) is 17.9. The number of hydrogen-bond acceptors (Lipinski definition) is 4. The first-order valence-corrected chi connectivity index (χ1v) is 6.86. The summed E-state index contributed by atoms with van der Waals surface area (Å²) in [6.07, 6.45) is 0.305. The molecule has 1 unspecified atom stereocenters. The van der Waals surface area contributed by atoms with E-state index in [1.165, 1.54) is 0 Å². The molecule has 0 radical (unpaired) electrons. The van der Waals surface area contributed by atoms with Crippen molar-refractivity contribution >= 4 is 18.3 Å². The maximum Gasteiger partial charge on any atom is 0.227 e. The van der Waals surface area contributed by atoms with Crippen molar-refractivity contribution < 1.29 is 14.3 Å². The third kappa shape index (κ3) is 4.25. The van der Waals surface area contributed by atoms with Crippen molar-refractivity contribution in [2.75, 3.05) is 33.9 Å². The zero-order valence-electron chi connectivity index (χ0n) is 12.7. The second-order valence-corrected chi connectivity index (χ2v) is 5.01. The smallest absolute Gasteiger partial charge is 0.227 e. The molecule has 1 fully saturated rings. The molecule has 1 N–H and O–H groups in total. The molecule has 1 aromatic carbocycles. The highest BCUT2D eigenvalue weighted by atomic mass is 35.5. The van der Waals surface area contributed by atoms with Gasteiger partial charge in [-0.15, -0.1) is 12.4 Å². The molecule has 0 aliphatic carbocycles. The third-order valence-corrected chi connectivity index (χ3v) is 3.58. The highest BCUT2D eigenvalue weighted by Crippen LogP contribution is 2.29. The average Bonchev–Trinajstić information content (AvgIpc) is 2.47. The Balaban J connectivity index is 0.00000220. The Morgan fingerprint density at radius 2 is 1.95 bits per heavy atom. The van der Waals surface area contributed by atoms with Crippen LogP contribution in [0.2, 0.25) is 0 Å². The molecule has 1 atom stereocenters. The van der Waals surface area contributed by atoms with Gasteiger partial charge in [0.15, 0.2) is 0 Å². The number of carbonyl (C=O) groups excluding carboxylic acids is 1. The Hall–Kier alpha value is -1.46. The summed E-state index contributed by atoms with van der Waals surface area (Å²) in [6.45, 7) is 4.43. The van der Waals surface area contributed by atoms with Crippen LogP contribution in [0.15, 0.2) is 18.2 Å². The molecule has 1 aliphatic heterocycles. The van der Waals surface area contributed by atoms with E-state index in [0.29, 0.717) is 24.0 Å². The molecule has 0 saturated carbocycles. The number of ether oxygens (including phenoxy) is 2. The van der Waals surface area contributed by atoms with E-state index in [1.54, 1.807) is 14.2 Å². The minimum atomic E-state index is 0. The molecule has 21 heavy (non-hydrogen) atoms. The number of carbonyl (C=O) groups is 1. The van der Waals surface area contributed by atoms with Crippen LogP contribution in [-0.4, -0.2) is 50.7 Å². The van der Waals surface area contributed by atoms with Gasteiger partial charge in [-0.05, 0) is 19.1 Å². The fourth-order valence-electron chi connectivity index (χ4n) is 2.52. The van der Waals surface area contributed by atoms with Crippen LogP contribution in [0.4, 0.5) is 0 Å². The van der Waals surface area contributed by atoms with E-state index in [0.717, 1.165) is 25.2 Å². The van der Waals surface area contributed by atoms with Gasteiger partial charge in [-0.25, -0.2) is 0 Å². The summed E-state index contributed by atoms with van der Waals surface area (Å²) in [7, 11) is 3.21. The molecule has 1 aliphatic rings. The fourth-order valence-corrected chi connectivity index (χ4v) is 2.52. The largest absolute Gasteiger partial charge is 0.496 e. The van der Waals surface area contributed by atoms with Crippen molar-refractivity contribution in [2.45, 2.75) is 19.4 Å². The van der Waals surface area contributed by atoms with Crippen LogP contribution >= 0.6 is 12.4 Å². The number of piperazine rings is 1. The Kier molecular flexibility index (Phi) is 6.78. The van der Waals surface area contributed by atoms with Gasteiger partial charge >= 0.3 is 0 Å². The number of rotatable bonds is 4. The van der Waals surface area contributed by atoms with Crippen LogP contribution < -0.4 is 14.8 Å². The average molecular weight is 315 g/mol. The molecule has 1 saturated heterocycles. The Labute approximate surface area is 132 Å². The quantitative estimate of drug-likeness (QED) is 0.915. The first-order chi connectivity index (χ1) is 9.65. The molecule has 2 rings (SSSR count). The van der Waals surface area contributed by atoms with Crippen LogP contribution in [0.1, 0.15) is 12.5 Å². The first kappa shape index (κ1) is 17.6. The minimum Gasteiger partial charge on any atom is -0.496 e. The van der Waals surface area contributed by atoms with Gasteiger partial charge in [-0.1, -0.05) is 6.07 Å². The summed E-state index contributed by atoms with van der Waals surface area (Å²) < 4.78 is 10.7. The lowest BCUT2D eigenvalue weighted by molar-refractivity contribution is -0.131. The summed E-state index contributed by atoms with van der Waals surface area (Å²) >= 11 is 0. The van der Waals surface area contributed by atoms with Gasteiger partial charge in [0, 0.05) is 31.2 Å². The number of benzene rings is 1. The molecule has 1 aromatic rings. The Morgan fingerprint density at radius 3 is 2.48 bits per heavy atom. The molecule has 5 nitrogen and oxygen atoms in total. The van der Waals surface area contributed by atoms with Gasteiger partial charge in [0.05, 0.1) is 20.6 Å². The third-order valence-electron chi connectivity index (χ3n) is 3.58. The zero-order chi connectivity index (χ0) is 14.5. The fraction of sp³-hybridized carbons (Fsp3) is 0.533. The molecule has 6 heteroatoms. The maximum absolute atomic E-state index is 12.4. The summed E-state index contributed by atoms with van der Waals surface area (Å²) in [5.74, 6) is 1.50. The van der Waals surface area contributed by atoms with Gasteiger partial charge in [-0.2, -0.15) is 0 Å². The number of methoxy groups -OCH3 is 2. The highest BCUT2D eigenvalue weighted by molar-refractivity contribution is 5.85. The molecule has 0 aromatic heterocycles. The van der Waals surface area contributed by atoms with E-state index in [1.807, 2.05) is 23.1 Å². The van der Waals surface area contributed by atoms with Gasteiger partial charge in [0.25, 0.3) is 0 Å². The van der Waals surface area contributed by atoms with E-state index in [9.17, 15) is 4.79 Å². The van der Waals surface area contributed by atoms with Crippen LogP contribution in [0, 0.1) is 0 Å². The summed E-state index contributed by atoms with van der Waals surface area (Å²) in [6, 6.07) is 5.91. The number of hydrogen-bond donors (Lipinski definition) is 1. The molecular weight excluding hydrogens is 292 g/mol. The van der Waals surface area contributed by atoms with E-state index in [4.69, 9.17) is 9.47 Å². The molecule has 118 valence electrons. The van der Waals surface area contributed by atoms with Gasteiger partial charge in [0.1, 0.15) is 11.5 Å². The topological polar surface area (TPSA) is 50.8 Å². The summed E-state index contributed by atoms with van der Waals surface area (Å²) in [4.78, 5) is 14.3. The van der Waals surface area contributed by atoms with Crippen LogP contribution in [0.5, 0.6) is 11.5 Å². The van der Waals surface area contributed by atoms with E-state index >= 15 is 0 Å². The monoisotopic (exact) mass is 314 g/mol. The number of nitrogens with one attached hydrogen (secondary N) is 1. The van der Waals surface area contributed by atoms with E-state index in [-0.39, 0.29) is 18.3 Å². The van der Waals surface area contributed by atoms with E-state index < -0.39 is 0 Å². The van der Waals surface area contributed by atoms with Crippen LogP contribution in [0.25, 0.3) is 0 Å². The zero-order valence-corrected chi connectivity index (χ0v) is 13.5. The van der Waals surface area contributed by atoms with Crippen molar-refractivity contribution in [1.82, 2.24) is 10.2 Å². The lowest BCUT2D eigenvalue weighted by atomic mass is 10.1. The highest BCUT2D eigenvalue weighted by Gasteiger charge is 2.23. The lowest BCUT2D eigenvalue weighted by Gasteiger charge is -2.32. The van der Waals surface area contributed by atoms with Crippen molar-refractivity contribution in [1.29, 1.82) is 0 Å².